The predicted octanol–water partition coefficient (Wildman–Crippen LogP) is 0.592. The van der Waals surface area contributed by atoms with Crippen molar-refractivity contribution in [3.8, 4) is 0 Å². The van der Waals surface area contributed by atoms with Crippen molar-refractivity contribution in [1.82, 2.24) is 9.88 Å². The van der Waals surface area contributed by atoms with Gasteiger partial charge >= 0.3 is 5.97 Å². The zero-order valence-corrected chi connectivity index (χ0v) is 11.4. The maximum atomic E-state index is 11.6. The van der Waals surface area contributed by atoms with E-state index in [0.29, 0.717) is 17.1 Å². The number of nitrogens with two attached hydrogens (primary N) is 1. The second kappa shape index (κ2) is 5.88. The van der Waals surface area contributed by atoms with Gasteiger partial charge in [0, 0.05) is 25.8 Å². The summed E-state index contributed by atoms with van der Waals surface area (Å²) < 4.78 is 4.73. The number of nitrogens with zero attached hydrogens (tertiary/aromatic N) is 3. The highest BCUT2D eigenvalue weighted by atomic mass is 16.5. The standard InChI is InChI=1S/C13H20N4O2/c1-16-6-3-7-17(9-8-16)12-11(14)10(4-5-15-12)13(18)19-2/h4-5H,3,6-9,14H2,1-2H3. The summed E-state index contributed by atoms with van der Waals surface area (Å²) in [6.07, 6.45) is 2.66. The Balaban J connectivity index is 2.27. The second-order valence-corrected chi connectivity index (χ2v) is 4.73. The molecule has 0 atom stereocenters. The molecule has 0 aliphatic carbocycles. The molecule has 1 saturated heterocycles. The van der Waals surface area contributed by atoms with Gasteiger partial charge in [-0.25, -0.2) is 9.78 Å². The Hall–Kier alpha value is -1.82. The first-order valence-electron chi connectivity index (χ1n) is 6.39. The summed E-state index contributed by atoms with van der Waals surface area (Å²) in [4.78, 5) is 20.4. The van der Waals surface area contributed by atoms with Gasteiger partial charge in [0.2, 0.25) is 0 Å². The first-order valence-corrected chi connectivity index (χ1v) is 6.39. The summed E-state index contributed by atoms with van der Waals surface area (Å²) in [5.41, 5.74) is 6.84. The lowest BCUT2D eigenvalue weighted by atomic mass is 10.2. The Kier molecular flexibility index (Phi) is 4.21. The number of carbonyl (C=O) groups is 1. The molecule has 104 valence electrons. The molecule has 0 bridgehead atoms. The molecule has 1 aromatic rings. The van der Waals surface area contributed by atoms with E-state index in [4.69, 9.17) is 10.5 Å². The fourth-order valence-corrected chi connectivity index (χ4v) is 2.26. The number of nitrogen functional groups attached to an aromatic ring is 1. The van der Waals surface area contributed by atoms with Gasteiger partial charge in [-0.1, -0.05) is 0 Å². The summed E-state index contributed by atoms with van der Waals surface area (Å²) in [7, 11) is 3.45. The lowest BCUT2D eigenvalue weighted by molar-refractivity contribution is 0.0602. The summed E-state index contributed by atoms with van der Waals surface area (Å²) >= 11 is 0. The molecule has 6 heteroatoms. The minimum Gasteiger partial charge on any atom is -0.465 e. The number of likely N-dealkylation sites (N-methyl/N-ethyl adjacent to an activating group) is 1. The van der Waals surface area contributed by atoms with Gasteiger partial charge in [-0.3, -0.25) is 0 Å². The van der Waals surface area contributed by atoms with Gasteiger partial charge in [0.05, 0.1) is 18.4 Å². The van der Waals surface area contributed by atoms with Crippen molar-refractivity contribution >= 4 is 17.5 Å². The third kappa shape index (κ3) is 2.96. The van der Waals surface area contributed by atoms with Crippen LogP contribution in [0, 0.1) is 0 Å². The number of rotatable bonds is 2. The van der Waals surface area contributed by atoms with E-state index in [-0.39, 0.29) is 0 Å². The number of aromatic nitrogens is 1. The van der Waals surface area contributed by atoms with Crippen molar-refractivity contribution in [1.29, 1.82) is 0 Å². The van der Waals surface area contributed by atoms with E-state index in [1.54, 1.807) is 12.3 Å². The van der Waals surface area contributed by atoms with Crippen LogP contribution in [0.25, 0.3) is 0 Å². The second-order valence-electron chi connectivity index (χ2n) is 4.73. The molecule has 0 unspecified atom stereocenters. The maximum absolute atomic E-state index is 11.6. The predicted molar refractivity (Wildman–Crippen MR) is 74.3 cm³/mol. The van der Waals surface area contributed by atoms with Gasteiger partial charge in [-0.15, -0.1) is 0 Å². The van der Waals surface area contributed by atoms with E-state index in [0.717, 1.165) is 32.6 Å². The van der Waals surface area contributed by atoms with E-state index in [9.17, 15) is 4.79 Å². The Morgan fingerprint density at radius 1 is 1.37 bits per heavy atom. The van der Waals surface area contributed by atoms with Gasteiger partial charge in [-0.2, -0.15) is 0 Å². The Morgan fingerprint density at radius 3 is 2.89 bits per heavy atom. The Labute approximate surface area is 113 Å². The molecule has 1 aliphatic rings. The van der Waals surface area contributed by atoms with Crippen LogP contribution < -0.4 is 10.6 Å². The van der Waals surface area contributed by atoms with Crippen LogP contribution in [0.1, 0.15) is 16.8 Å². The minimum atomic E-state index is -0.423. The minimum absolute atomic E-state index is 0.380. The summed E-state index contributed by atoms with van der Waals surface area (Å²) in [6.45, 7) is 3.78. The molecule has 0 aromatic carbocycles. The molecular weight excluding hydrogens is 244 g/mol. The third-order valence-corrected chi connectivity index (χ3v) is 3.39. The number of pyridine rings is 1. The number of anilines is 2. The van der Waals surface area contributed by atoms with Crippen LogP contribution in [0.3, 0.4) is 0 Å². The lowest BCUT2D eigenvalue weighted by Gasteiger charge is -2.23. The zero-order valence-electron chi connectivity index (χ0n) is 11.4. The van der Waals surface area contributed by atoms with Crippen molar-refractivity contribution < 1.29 is 9.53 Å². The fourth-order valence-electron chi connectivity index (χ4n) is 2.26. The van der Waals surface area contributed by atoms with Gasteiger partial charge in [0.25, 0.3) is 0 Å². The van der Waals surface area contributed by atoms with Crippen molar-refractivity contribution in [3.63, 3.8) is 0 Å². The van der Waals surface area contributed by atoms with Crippen molar-refractivity contribution in [2.24, 2.45) is 0 Å². The molecule has 2 rings (SSSR count). The largest absolute Gasteiger partial charge is 0.465 e. The highest BCUT2D eigenvalue weighted by Crippen LogP contribution is 2.25. The molecule has 19 heavy (non-hydrogen) atoms. The molecule has 1 aromatic heterocycles. The molecule has 2 N–H and O–H groups in total. The first-order chi connectivity index (χ1) is 9.13. The quantitative estimate of drug-likeness (QED) is 0.788. The smallest absolute Gasteiger partial charge is 0.340 e. The molecule has 1 aliphatic heterocycles. The highest BCUT2D eigenvalue weighted by Gasteiger charge is 2.20. The SMILES string of the molecule is COC(=O)c1ccnc(N2CCCN(C)CC2)c1N. The highest BCUT2D eigenvalue weighted by molar-refractivity contribution is 5.97. The summed E-state index contributed by atoms with van der Waals surface area (Å²) in [5, 5.41) is 0. The van der Waals surface area contributed by atoms with Crippen LogP contribution in [-0.4, -0.2) is 56.2 Å². The van der Waals surface area contributed by atoms with Gasteiger partial charge in [0.1, 0.15) is 0 Å². The molecule has 0 amide bonds. The van der Waals surface area contributed by atoms with E-state index >= 15 is 0 Å². The van der Waals surface area contributed by atoms with Crippen LogP contribution in [-0.2, 0) is 4.74 Å². The Morgan fingerprint density at radius 2 is 2.16 bits per heavy atom. The van der Waals surface area contributed by atoms with Crippen molar-refractivity contribution in [3.05, 3.63) is 17.8 Å². The average molecular weight is 264 g/mol. The van der Waals surface area contributed by atoms with E-state index in [1.165, 1.54) is 7.11 Å². The topological polar surface area (TPSA) is 71.7 Å². The van der Waals surface area contributed by atoms with Crippen LogP contribution in [0.4, 0.5) is 11.5 Å². The van der Waals surface area contributed by atoms with Crippen LogP contribution in [0.5, 0.6) is 0 Å². The number of hydrogen-bond donors (Lipinski definition) is 1. The normalized spacial score (nSPS) is 17.1. The maximum Gasteiger partial charge on any atom is 0.340 e. The van der Waals surface area contributed by atoms with E-state index < -0.39 is 5.97 Å². The van der Waals surface area contributed by atoms with E-state index in [2.05, 4.69) is 21.8 Å². The third-order valence-electron chi connectivity index (χ3n) is 3.39. The van der Waals surface area contributed by atoms with Crippen LogP contribution in [0.15, 0.2) is 12.3 Å². The molecule has 0 spiro atoms. The number of ether oxygens (including phenoxy) is 1. The van der Waals surface area contributed by atoms with Gasteiger partial charge in [-0.05, 0) is 26.1 Å². The Bertz CT molecular complexity index is 464. The average Bonchev–Trinajstić information content (AvgIpc) is 2.63. The van der Waals surface area contributed by atoms with Crippen LogP contribution >= 0.6 is 0 Å². The fraction of sp³-hybridized carbons (Fsp3) is 0.538. The molecule has 0 saturated carbocycles. The summed E-state index contributed by atoms with van der Waals surface area (Å²) in [6, 6.07) is 1.59. The summed E-state index contributed by atoms with van der Waals surface area (Å²) in [5.74, 6) is 0.256. The molecule has 1 fully saturated rings. The molecular formula is C13H20N4O2. The van der Waals surface area contributed by atoms with Crippen molar-refractivity contribution in [2.45, 2.75) is 6.42 Å². The first kappa shape index (κ1) is 13.6. The number of carbonyl (C=O) groups excluding carboxylic acids is 1. The van der Waals surface area contributed by atoms with Gasteiger partial charge < -0.3 is 20.3 Å². The van der Waals surface area contributed by atoms with E-state index in [1.807, 2.05) is 0 Å². The van der Waals surface area contributed by atoms with Crippen LogP contribution in [0.2, 0.25) is 0 Å². The number of esters is 1. The molecule has 0 radical (unpaired) electrons. The monoisotopic (exact) mass is 264 g/mol. The number of hydrogen-bond acceptors (Lipinski definition) is 6. The molecule has 2 heterocycles. The van der Waals surface area contributed by atoms with Gasteiger partial charge in [0.15, 0.2) is 5.82 Å². The number of methoxy groups -OCH3 is 1. The molecule has 6 nitrogen and oxygen atoms in total. The lowest BCUT2D eigenvalue weighted by Crippen LogP contribution is -2.30. The zero-order chi connectivity index (χ0) is 13.8. The van der Waals surface area contributed by atoms with Crippen molar-refractivity contribution in [2.75, 3.05) is 51.0 Å².